The zero-order valence-corrected chi connectivity index (χ0v) is 17.7. The molecule has 0 aliphatic rings. The van der Waals surface area contributed by atoms with E-state index in [1.54, 1.807) is 18.4 Å². The number of benzene rings is 1. The summed E-state index contributed by atoms with van der Waals surface area (Å²) in [7, 11) is -0.109. The fourth-order valence-corrected chi connectivity index (χ4v) is 3.95. The fourth-order valence-electron chi connectivity index (χ4n) is 2.28. The maximum absolute atomic E-state index is 11.6. The Morgan fingerprint density at radius 2 is 1.78 bits per heavy atom. The standard InChI is InChI=1S/C18H27N5O2S2/c1-13(2)16-11-26-17(23-16)10-22-18(19-3)21-9-14-5-7-15(8-6-14)12-27(24,25)20-4/h5-8,11,13,20H,9-10,12H2,1-4H3,(H2,19,21,22). The van der Waals surface area contributed by atoms with Crippen molar-refractivity contribution < 1.29 is 8.42 Å². The zero-order valence-electron chi connectivity index (χ0n) is 16.1. The summed E-state index contributed by atoms with van der Waals surface area (Å²) < 4.78 is 25.5. The molecule has 0 saturated carbocycles. The summed E-state index contributed by atoms with van der Waals surface area (Å²) in [5.41, 5.74) is 2.90. The highest BCUT2D eigenvalue weighted by Crippen LogP contribution is 2.17. The van der Waals surface area contributed by atoms with E-state index in [-0.39, 0.29) is 5.75 Å². The Labute approximate surface area is 165 Å². The molecule has 0 atom stereocenters. The summed E-state index contributed by atoms with van der Waals surface area (Å²) in [5, 5.41) is 9.62. The van der Waals surface area contributed by atoms with Gasteiger partial charge in [-0.05, 0) is 24.1 Å². The third-order valence-electron chi connectivity index (χ3n) is 3.94. The molecule has 0 aliphatic heterocycles. The average Bonchev–Trinajstić information content (AvgIpc) is 3.12. The maximum Gasteiger partial charge on any atom is 0.215 e. The number of aromatic nitrogens is 1. The lowest BCUT2D eigenvalue weighted by molar-refractivity contribution is 0.587. The molecule has 3 N–H and O–H groups in total. The van der Waals surface area contributed by atoms with Crippen LogP contribution in [0.15, 0.2) is 34.6 Å². The van der Waals surface area contributed by atoms with Crippen LogP contribution in [0.2, 0.25) is 0 Å². The van der Waals surface area contributed by atoms with Crippen molar-refractivity contribution in [3.8, 4) is 0 Å². The molecule has 0 fully saturated rings. The van der Waals surface area contributed by atoms with Crippen molar-refractivity contribution in [1.29, 1.82) is 0 Å². The lowest BCUT2D eigenvalue weighted by atomic mass is 10.1. The van der Waals surface area contributed by atoms with Crippen LogP contribution in [0.1, 0.15) is 41.6 Å². The highest BCUT2D eigenvalue weighted by Gasteiger charge is 2.09. The minimum absolute atomic E-state index is 0.0212. The van der Waals surface area contributed by atoms with E-state index < -0.39 is 10.0 Å². The quantitative estimate of drug-likeness (QED) is 0.459. The van der Waals surface area contributed by atoms with Gasteiger partial charge in [0.2, 0.25) is 10.0 Å². The second kappa shape index (κ2) is 9.82. The monoisotopic (exact) mass is 409 g/mol. The van der Waals surface area contributed by atoms with Gasteiger partial charge in [-0.1, -0.05) is 38.1 Å². The third-order valence-corrected chi connectivity index (χ3v) is 6.14. The van der Waals surface area contributed by atoms with E-state index in [2.05, 4.69) is 44.6 Å². The van der Waals surface area contributed by atoms with Gasteiger partial charge in [-0.25, -0.2) is 18.1 Å². The molecular formula is C18H27N5O2S2. The Hall–Kier alpha value is -1.97. The van der Waals surface area contributed by atoms with E-state index in [0.717, 1.165) is 21.8 Å². The van der Waals surface area contributed by atoms with Crippen molar-refractivity contribution in [2.45, 2.75) is 38.6 Å². The van der Waals surface area contributed by atoms with Crippen LogP contribution in [0.5, 0.6) is 0 Å². The number of rotatable bonds is 8. The minimum atomic E-state index is -3.25. The second-order valence-corrected chi connectivity index (χ2v) is 9.25. The molecule has 0 bridgehead atoms. The van der Waals surface area contributed by atoms with Crippen molar-refractivity contribution in [2.24, 2.45) is 4.99 Å². The van der Waals surface area contributed by atoms with Crippen molar-refractivity contribution in [1.82, 2.24) is 20.3 Å². The molecule has 27 heavy (non-hydrogen) atoms. The van der Waals surface area contributed by atoms with Crippen LogP contribution in [0.3, 0.4) is 0 Å². The molecule has 0 spiro atoms. The average molecular weight is 410 g/mol. The fraction of sp³-hybridized carbons (Fsp3) is 0.444. The summed E-state index contributed by atoms with van der Waals surface area (Å²) in [6.07, 6.45) is 0. The molecule has 0 aliphatic carbocycles. The molecular weight excluding hydrogens is 382 g/mol. The Bertz CT molecular complexity index is 858. The van der Waals surface area contributed by atoms with Gasteiger partial charge in [0.25, 0.3) is 0 Å². The van der Waals surface area contributed by atoms with Crippen LogP contribution in [-0.2, 0) is 28.9 Å². The highest BCUT2D eigenvalue weighted by molar-refractivity contribution is 7.88. The number of nitrogens with one attached hydrogen (secondary N) is 3. The Kier molecular flexibility index (Phi) is 7.76. The molecule has 0 unspecified atom stereocenters. The van der Waals surface area contributed by atoms with Crippen LogP contribution < -0.4 is 15.4 Å². The Balaban J connectivity index is 1.84. The summed E-state index contributed by atoms with van der Waals surface area (Å²) in [5.74, 6) is 1.10. The smallest absolute Gasteiger partial charge is 0.215 e. The van der Waals surface area contributed by atoms with Crippen molar-refractivity contribution in [3.05, 3.63) is 51.5 Å². The Morgan fingerprint density at radius 3 is 2.33 bits per heavy atom. The number of sulfonamides is 1. The van der Waals surface area contributed by atoms with Gasteiger partial charge in [0, 0.05) is 19.0 Å². The van der Waals surface area contributed by atoms with Gasteiger partial charge < -0.3 is 10.6 Å². The first-order valence-electron chi connectivity index (χ1n) is 8.71. The summed E-state index contributed by atoms with van der Waals surface area (Å²) in [4.78, 5) is 8.82. The van der Waals surface area contributed by atoms with Crippen LogP contribution in [-0.4, -0.2) is 33.5 Å². The minimum Gasteiger partial charge on any atom is -0.352 e. The van der Waals surface area contributed by atoms with E-state index >= 15 is 0 Å². The highest BCUT2D eigenvalue weighted by atomic mass is 32.2. The normalized spacial score (nSPS) is 12.4. The molecule has 7 nitrogen and oxygen atoms in total. The van der Waals surface area contributed by atoms with E-state index in [0.29, 0.717) is 25.0 Å². The first-order valence-corrected chi connectivity index (χ1v) is 11.2. The second-order valence-electron chi connectivity index (χ2n) is 6.38. The van der Waals surface area contributed by atoms with Crippen molar-refractivity contribution >= 4 is 27.3 Å². The number of hydrogen-bond acceptors (Lipinski definition) is 5. The van der Waals surface area contributed by atoms with Crippen LogP contribution in [0, 0.1) is 0 Å². The predicted octanol–water partition coefficient (Wildman–Crippen LogP) is 2.18. The third kappa shape index (κ3) is 6.93. The van der Waals surface area contributed by atoms with Crippen molar-refractivity contribution in [3.63, 3.8) is 0 Å². The topological polar surface area (TPSA) is 95.5 Å². The van der Waals surface area contributed by atoms with Crippen molar-refractivity contribution in [2.75, 3.05) is 14.1 Å². The molecule has 0 amide bonds. The largest absolute Gasteiger partial charge is 0.352 e. The number of guanidine groups is 1. The molecule has 0 saturated heterocycles. The lowest BCUT2D eigenvalue weighted by Gasteiger charge is -2.11. The lowest BCUT2D eigenvalue weighted by Crippen LogP contribution is -2.36. The van der Waals surface area contributed by atoms with Crippen LogP contribution in [0.4, 0.5) is 0 Å². The summed E-state index contributed by atoms with van der Waals surface area (Å²) in [6, 6.07) is 7.48. The van der Waals surface area contributed by atoms with Gasteiger partial charge in [0.15, 0.2) is 5.96 Å². The number of hydrogen-bond donors (Lipinski definition) is 3. The van der Waals surface area contributed by atoms with E-state index in [4.69, 9.17) is 0 Å². The van der Waals surface area contributed by atoms with Gasteiger partial charge in [-0.3, -0.25) is 4.99 Å². The number of thiazole rings is 1. The van der Waals surface area contributed by atoms with Crippen LogP contribution >= 0.6 is 11.3 Å². The van der Waals surface area contributed by atoms with E-state index in [9.17, 15) is 8.42 Å². The molecule has 148 valence electrons. The first-order chi connectivity index (χ1) is 12.8. The molecule has 2 rings (SSSR count). The molecule has 2 aromatic rings. The molecule has 9 heteroatoms. The molecule has 0 radical (unpaired) electrons. The number of nitrogens with zero attached hydrogens (tertiary/aromatic N) is 2. The number of aliphatic imine (C=N–C) groups is 1. The SMILES string of the molecule is CN=C(NCc1ccc(CS(=O)(=O)NC)cc1)NCc1nc(C(C)C)cs1. The van der Waals surface area contributed by atoms with Gasteiger partial charge in [-0.15, -0.1) is 11.3 Å². The maximum atomic E-state index is 11.6. The van der Waals surface area contributed by atoms with E-state index in [1.807, 2.05) is 24.3 Å². The molecule has 1 heterocycles. The Morgan fingerprint density at radius 1 is 1.15 bits per heavy atom. The van der Waals surface area contributed by atoms with E-state index in [1.165, 1.54) is 7.05 Å². The summed E-state index contributed by atoms with van der Waals surface area (Å²) in [6.45, 7) is 5.48. The van der Waals surface area contributed by atoms with Gasteiger partial charge in [0.05, 0.1) is 18.0 Å². The van der Waals surface area contributed by atoms with Gasteiger partial charge >= 0.3 is 0 Å². The summed E-state index contributed by atoms with van der Waals surface area (Å²) >= 11 is 1.64. The van der Waals surface area contributed by atoms with Gasteiger partial charge in [0.1, 0.15) is 5.01 Å². The van der Waals surface area contributed by atoms with Gasteiger partial charge in [-0.2, -0.15) is 0 Å². The van der Waals surface area contributed by atoms with Crippen LogP contribution in [0.25, 0.3) is 0 Å². The zero-order chi connectivity index (χ0) is 19.9. The first kappa shape index (κ1) is 21.3. The predicted molar refractivity (Wildman–Crippen MR) is 111 cm³/mol. The molecule has 1 aromatic heterocycles. The molecule has 1 aromatic carbocycles.